The Kier molecular flexibility index (Phi) is 5.35. The summed E-state index contributed by atoms with van der Waals surface area (Å²) in [5.41, 5.74) is 6.69. The van der Waals surface area contributed by atoms with Gasteiger partial charge in [-0.15, -0.1) is 0 Å². The Hall–Kier alpha value is -1.86. The third-order valence-electron chi connectivity index (χ3n) is 4.10. The van der Waals surface area contributed by atoms with Crippen LogP contribution < -0.4 is 5.73 Å². The number of pyridine rings is 1. The zero-order valence-electron chi connectivity index (χ0n) is 12.8. The van der Waals surface area contributed by atoms with Gasteiger partial charge in [0, 0.05) is 31.0 Å². The molecule has 4 nitrogen and oxygen atoms in total. The number of aromatic nitrogens is 1. The fourth-order valence-electron chi connectivity index (χ4n) is 2.90. The fourth-order valence-corrected chi connectivity index (χ4v) is 2.90. The molecule has 0 aromatic carbocycles. The van der Waals surface area contributed by atoms with Crippen LogP contribution in [0.1, 0.15) is 48.5 Å². The van der Waals surface area contributed by atoms with Gasteiger partial charge in [0.05, 0.1) is 12.1 Å². The van der Waals surface area contributed by atoms with Crippen LogP contribution in [0.5, 0.6) is 0 Å². The second-order valence-corrected chi connectivity index (χ2v) is 5.81. The van der Waals surface area contributed by atoms with E-state index >= 15 is 0 Å². The standard InChI is InChI=1S/C17H23N3O/c1-13-5-3-7-16(9-13)20(2)17(21)15-10-14(6-4-8-18)11-19-12-15/h10-13,16H,3,5,7-9,18H2,1-2H3. The van der Waals surface area contributed by atoms with Crippen molar-refractivity contribution >= 4 is 5.91 Å². The Labute approximate surface area is 126 Å². The summed E-state index contributed by atoms with van der Waals surface area (Å²) in [5.74, 6) is 6.42. The van der Waals surface area contributed by atoms with Crippen LogP contribution in [0.4, 0.5) is 0 Å². The van der Waals surface area contributed by atoms with Crippen LogP contribution in [0.3, 0.4) is 0 Å². The van der Waals surface area contributed by atoms with Crippen LogP contribution in [-0.2, 0) is 0 Å². The molecule has 1 aromatic rings. The van der Waals surface area contributed by atoms with E-state index in [2.05, 4.69) is 23.7 Å². The van der Waals surface area contributed by atoms with Gasteiger partial charge in [-0.3, -0.25) is 9.78 Å². The molecule has 1 heterocycles. The van der Waals surface area contributed by atoms with E-state index in [-0.39, 0.29) is 5.91 Å². The van der Waals surface area contributed by atoms with Crippen molar-refractivity contribution in [1.82, 2.24) is 9.88 Å². The maximum atomic E-state index is 12.6. The lowest BCUT2D eigenvalue weighted by atomic mass is 9.86. The molecular weight excluding hydrogens is 262 g/mol. The summed E-state index contributed by atoms with van der Waals surface area (Å²) in [5, 5.41) is 0. The normalized spacial score (nSPS) is 21.3. The second-order valence-electron chi connectivity index (χ2n) is 5.81. The van der Waals surface area contributed by atoms with Gasteiger partial charge >= 0.3 is 0 Å². The first-order valence-corrected chi connectivity index (χ1v) is 7.53. The molecule has 2 rings (SSSR count). The van der Waals surface area contributed by atoms with Crippen molar-refractivity contribution in [2.75, 3.05) is 13.6 Å². The summed E-state index contributed by atoms with van der Waals surface area (Å²) in [7, 11) is 1.89. The fraction of sp³-hybridized carbons (Fsp3) is 0.529. The Morgan fingerprint density at radius 2 is 2.29 bits per heavy atom. The molecule has 2 unspecified atom stereocenters. The van der Waals surface area contributed by atoms with E-state index in [1.807, 2.05) is 11.9 Å². The Morgan fingerprint density at radius 3 is 3.00 bits per heavy atom. The lowest BCUT2D eigenvalue weighted by Gasteiger charge is -2.34. The molecule has 0 radical (unpaired) electrons. The third kappa shape index (κ3) is 4.05. The lowest BCUT2D eigenvalue weighted by Crippen LogP contribution is -2.39. The smallest absolute Gasteiger partial charge is 0.255 e. The number of carbonyl (C=O) groups is 1. The minimum Gasteiger partial charge on any atom is -0.339 e. The minimum atomic E-state index is 0.0259. The molecule has 0 saturated heterocycles. The van der Waals surface area contributed by atoms with E-state index in [0.717, 1.165) is 18.4 Å². The Morgan fingerprint density at radius 1 is 1.48 bits per heavy atom. The van der Waals surface area contributed by atoms with Crippen LogP contribution >= 0.6 is 0 Å². The highest BCUT2D eigenvalue weighted by molar-refractivity contribution is 5.94. The van der Waals surface area contributed by atoms with Crippen molar-refractivity contribution in [2.24, 2.45) is 11.7 Å². The van der Waals surface area contributed by atoms with Gasteiger partial charge in [0.15, 0.2) is 0 Å². The molecule has 1 aromatic heterocycles. The third-order valence-corrected chi connectivity index (χ3v) is 4.10. The van der Waals surface area contributed by atoms with E-state index in [1.165, 1.54) is 12.8 Å². The number of hydrogen-bond donors (Lipinski definition) is 1. The SMILES string of the molecule is CC1CCCC(N(C)C(=O)c2cncc(C#CCN)c2)C1. The van der Waals surface area contributed by atoms with Gasteiger partial charge < -0.3 is 10.6 Å². The van der Waals surface area contributed by atoms with Crippen molar-refractivity contribution in [3.8, 4) is 11.8 Å². The van der Waals surface area contributed by atoms with Gasteiger partial charge in [-0.05, 0) is 24.8 Å². The summed E-state index contributed by atoms with van der Waals surface area (Å²) >= 11 is 0. The van der Waals surface area contributed by atoms with Crippen molar-refractivity contribution in [1.29, 1.82) is 0 Å². The van der Waals surface area contributed by atoms with Crippen molar-refractivity contribution < 1.29 is 4.79 Å². The summed E-state index contributed by atoms with van der Waals surface area (Å²) in [6, 6.07) is 2.13. The zero-order chi connectivity index (χ0) is 15.2. The highest BCUT2D eigenvalue weighted by Crippen LogP contribution is 2.27. The molecule has 0 spiro atoms. The number of amides is 1. The Bertz CT molecular complexity index is 559. The van der Waals surface area contributed by atoms with Crippen molar-refractivity contribution in [3.05, 3.63) is 29.6 Å². The molecule has 1 aliphatic carbocycles. The van der Waals surface area contributed by atoms with Gasteiger partial charge in [0.1, 0.15) is 0 Å². The number of nitrogens with two attached hydrogens (primary N) is 1. The van der Waals surface area contributed by atoms with E-state index < -0.39 is 0 Å². The monoisotopic (exact) mass is 285 g/mol. The summed E-state index contributed by atoms with van der Waals surface area (Å²) < 4.78 is 0. The minimum absolute atomic E-state index is 0.0259. The molecule has 112 valence electrons. The van der Waals surface area contributed by atoms with Crippen molar-refractivity contribution in [2.45, 2.75) is 38.6 Å². The number of rotatable bonds is 2. The van der Waals surface area contributed by atoms with Gasteiger partial charge in [-0.1, -0.05) is 31.6 Å². The molecule has 1 aliphatic rings. The van der Waals surface area contributed by atoms with Crippen LogP contribution in [0, 0.1) is 17.8 Å². The molecule has 0 aliphatic heterocycles. The topological polar surface area (TPSA) is 59.2 Å². The number of hydrogen-bond acceptors (Lipinski definition) is 3. The molecule has 2 N–H and O–H groups in total. The maximum Gasteiger partial charge on any atom is 0.255 e. The van der Waals surface area contributed by atoms with Gasteiger partial charge in [0.2, 0.25) is 0 Å². The van der Waals surface area contributed by atoms with E-state index in [1.54, 1.807) is 18.5 Å². The molecule has 0 bridgehead atoms. The Balaban J connectivity index is 2.11. The highest BCUT2D eigenvalue weighted by Gasteiger charge is 2.26. The van der Waals surface area contributed by atoms with Crippen LogP contribution in [0.15, 0.2) is 18.5 Å². The largest absolute Gasteiger partial charge is 0.339 e. The van der Waals surface area contributed by atoms with Crippen LogP contribution in [0.2, 0.25) is 0 Å². The summed E-state index contributed by atoms with van der Waals surface area (Å²) in [6.07, 6.45) is 7.91. The number of carbonyl (C=O) groups excluding carboxylic acids is 1. The molecule has 21 heavy (non-hydrogen) atoms. The summed E-state index contributed by atoms with van der Waals surface area (Å²) in [4.78, 5) is 18.6. The van der Waals surface area contributed by atoms with Crippen LogP contribution in [0.25, 0.3) is 0 Å². The van der Waals surface area contributed by atoms with E-state index in [4.69, 9.17) is 5.73 Å². The molecule has 4 heteroatoms. The first kappa shape index (κ1) is 15.5. The molecule has 1 fully saturated rings. The predicted octanol–water partition coefficient (Wildman–Crippen LogP) is 2.04. The molecular formula is C17H23N3O. The lowest BCUT2D eigenvalue weighted by molar-refractivity contribution is 0.0672. The number of nitrogens with zero attached hydrogens (tertiary/aromatic N) is 2. The molecule has 1 amide bonds. The molecule has 1 saturated carbocycles. The van der Waals surface area contributed by atoms with Gasteiger partial charge in [-0.2, -0.15) is 0 Å². The highest BCUT2D eigenvalue weighted by atomic mass is 16.2. The average Bonchev–Trinajstić information content (AvgIpc) is 2.51. The van der Waals surface area contributed by atoms with Crippen LogP contribution in [-0.4, -0.2) is 35.4 Å². The zero-order valence-corrected chi connectivity index (χ0v) is 12.8. The van der Waals surface area contributed by atoms with E-state index in [9.17, 15) is 4.79 Å². The predicted molar refractivity (Wildman–Crippen MR) is 83.7 cm³/mol. The quantitative estimate of drug-likeness (QED) is 0.846. The van der Waals surface area contributed by atoms with Gasteiger partial charge in [-0.25, -0.2) is 0 Å². The summed E-state index contributed by atoms with van der Waals surface area (Å²) in [6.45, 7) is 2.56. The average molecular weight is 285 g/mol. The first-order chi connectivity index (χ1) is 10.1. The first-order valence-electron chi connectivity index (χ1n) is 7.53. The second kappa shape index (κ2) is 7.24. The van der Waals surface area contributed by atoms with Crippen molar-refractivity contribution in [3.63, 3.8) is 0 Å². The molecule has 2 atom stereocenters. The maximum absolute atomic E-state index is 12.6. The van der Waals surface area contributed by atoms with Gasteiger partial charge in [0.25, 0.3) is 5.91 Å². The van der Waals surface area contributed by atoms with E-state index in [0.29, 0.717) is 24.1 Å².